The minimum atomic E-state index is -0.697. The summed E-state index contributed by atoms with van der Waals surface area (Å²) < 4.78 is 4.99. The molecule has 3 rings (SSSR count). The van der Waals surface area contributed by atoms with Gasteiger partial charge in [0.1, 0.15) is 0 Å². The normalized spacial score (nSPS) is 13.5. The third-order valence-electron chi connectivity index (χ3n) is 3.80. The van der Waals surface area contributed by atoms with Crippen LogP contribution in [0.5, 0.6) is 0 Å². The standard InChI is InChI=1S/C18H16N2O5S/c21-15-7-2-8-20(15)16(22)11-25-18(24)12-4-1-5-13(10-12)19-17(23)14-6-3-9-26-14/h1,3-6,9-10H,2,7-8,11H2,(H,19,23). The molecular formula is C18H16N2O5S. The molecule has 1 aromatic heterocycles. The van der Waals surface area contributed by atoms with E-state index >= 15 is 0 Å². The van der Waals surface area contributed by atoms with Crippen LogP contribution in [0.15, 0.2) is 41.8 Å². The minimum Gasteiger partial charge on any atom is -0.452 e. The number of carbonyl (C=O) groups is 4. The van der Waals surface area contributed by atoms with Crippen molar-refractivity contribution in [2.24, 2.45) is 0 Å². The Morgan fingerprint density at radius 2 is 2.04 bits per heavy atom. The smallest absolute Gasteiger partial charge is 0.338 e. The van der Waals surface area contributed by atoms with E-state index in [1.165, 1.54) is 23.5 Å². The van der Waals surface area contributed by atoms with Crippen molar-refractivity contribution in [3.63, 3.8) is 0 Å². The summed E-state index contributed by atoms with van der Waals surface area (Å²) in [7, 11) is 0. The van der Waals surface area contributed by atoms with Crippen LogP contribution < -0.4 is 5.32 Å². The topological polar surface area (TPSA) is 92.8 Å². The van der Waals surface area contributed by atoms with Crippen LogP contribution in [-0.4, -0.2) is 41.7 Å². The Morgan fingerprint density at radius 3 is 2.73 bits per heavy atom. The number of nitrogens with zero attached hydrogens (tertiary/aromatic N) is 1. The van der Waals surface area contributed by atoms with Crippen LogP contribution in [0.3, 0.4) is 0 Å². The highest BCUT2D eigenvalue weighted by atomic mass is 32.1. The highest BCUT2D eigenvalue weighted by Crippen LogP contribution is 2.16. The van der Waals surface area contributed by atoms with Gasteiger partial charge in [-0.25, -0.2) is 4.79 Å². The minimum absolute atomic E-state index is 0.203. The second kappa shape index (κ2) is 7.92. The number of carbonyl (C=O) groups excluding carboxylic acids is 4. The molecule has 1 aliphatic heterocycles. The maximum Gasteiger partial charge on any atom is 0.338 e. The number of benzene rings is 1. The summed E-state index contributed by atoms with van der Waals surface area (Å²) in [5, 5.41) is 4.50. The molecule has 8 heteroatoms. The van der Waals surface area contributed by atoms with Crippen molar-refractivity contribution in [3.8, 4) is 0 Å². The molecule has 1 saturated heterocycles. The zero-order valence-corrected chi connectivity index (χ0v) is 14.6. The number of anilines is 1. The van der Waals surface area contributed by atoms with E-state index in [1.807, 2.05) is 0 Å². The number of amides is 3. The average Bonchev–Trinajstić information content (AvgIpc) is 3.31. The van der Waals surface area contributed by atoms with E-state index in [-0.39, 0.29) is 17.4 Å². The third kappa shape index (κ3) is 4.15. The monoisotopic (exact) mass is 372 g/mol. The maximum atomic E-state index is 12.1. The number of rotatable bonds is 5. The van der Waals surface area contributed by atoms with Gasteiger partial charge in [0.25, 0.3) is 11.8 Å². The summed E-state index contributed by atoms with van der Waals surface area (Å²) in [5.41, 5.74) is 0.647. The molecule has 134 valence electrons. The van der Waals surface area contributed by atoms with E-state index in [0.717, 1.165) is 4.90 Å². The van der Waals surface area contributed by atoms with Crippen molar-refractivity contribution < 1.29 is 23.9 Å². The Bertz CT molecular complexity index is 847. The molecule has 1 aromatic carbocycles. The summed E-state index contributed by atoms with van der Waals surface area (Å²) in [6.45, 7) is -0.129. The molecule has 1 aliphatic rings. The molecule has 3 amide bonds. The highest BCUT2D eigenvalue weighted by molar-refractivity contribution is 7.12. The summed E-state index contributed by atoms with van der Waals surface area (Å²) in [6.07, 6.45) is 0.968. The molecule has 2 aromatic rings. The maximum absolute atomic E-state index is 12.1. The van der Waals surface area contributed by atoms with Crippen molar-refractivity contribution in [1.29, 1.82) is 0 Å². The van der Waals surface area contributed by atoms with Crippen molar-refractivity contribution in [1.82, 2.24) is 4.90 Å². The van der Waals surface area contributed by atoms with Crippen molar-refractivity contribution >= 4 is 40.7 Å². The van der Waals surface area contributed by atoms with E-state index in [4.69, 9.17) is 4.74 Å². The largest absolute Gasteiger partial charge is 0.452 e. The number of likely N-dealkylation sites (tertiary alicyclic amines) is 1. The van der Waals surface area contributed by atoms with E-state index < -0.39 is 18.5 Å². The Balaban J connectivity index is 1.58. The van der Waals surface area contributed by atoms with E-state index in [2.05, 4.69) is 5.32 Å². The van der Waals surface area contributed by atoms with Crippen molar-refractivity contribution in [3.05, 3.63) is 52.2 Å². The summed E-state index contributed by atoms with van der Waals surface area (Å²) in [5.74, 6) is -1.74. The van der Waals surface area contributed by atoms with Gasteiger partial charge in [-0.1, -0.05) is 12.1 Å². The highest BCUT2D eigenvalue weighted by Gasteiger charge is 2.27. The van der Waals surface area contributed by atoms with Gasteiger partial charge < -0.3 is 10.1 Å². The first-order valence-corrected chi connectivity index (χ1v) is 8.88. The summed E-state index contributed by atoms with van der Waals surface area (Å²) in [6, 6.07) is 9.72. The van der Waals surface area contributed by atoms with E-state index in [9.17, 15) is 19.2 Å². The van der Waals surface area contributed by atoms with Gasteiger partial charge in [0, 0.05) is 18.7 Å². The molecule has 26 heavy (non-hydrogen) atoms. The Hall–Kier alpha value is -3.00. The lowest BCUT2D eigenvalue weighted by Crippen LogP contribution is -2.35. The van der Waals surface area contributed by atoms with Crippen LogP contribution >= 0.6 is 11.3 Å². The fraction of sp³-hybridized carbons (Fsp3) is 0.222. The van der Waals surface area contributed by atoms with Crippen LogP contribution in [0.25, 0.3) is 0 Å². The first kappa shape index (κ1) is 17.8. The average molecular weight is 372 g/mol. The molecule has 7 nitrogen and oxygen atoms in total. The lowest BCUT2D eigenvalue weighted by Gasteiger charge is -2.13. The number of imide groups is 1. The predicted molar refractivity (Wildman–Crippen MR) is 95.0 cm³/mol. The fourth-order valence-electron chi connectivity index (χ4n) is 2.52. The summed E-state index contributed by atoms with van der Waals surface area (Å²) >= 11 is 1.31. The molecule has 0 unspecified atom stereocenters. The SMILES string of the molecule is O=C(OCC(=O)N1CCCC1=O)c1cccc(NC(=O)c2cccs2)c1. The molecule has 0 saturated carbocycles. The van der Waals surface area contributed by atoms with Gasteiger partial charge in [-0.3, -0.25) is 19.3 Å². The molecule has 1 fully saturated rings. The van der Waals surface area contributed by atoms with E-state index in [0.29, 0.717) is 30.0 Å². The van der Waals surface area contributed by atoms with Gasteiger partial charge >= 0.3 is 5.97 Å². The Kier molecular flexibility index (Phi) is 5.43. The van der Waals surface area contributed by atoms with Gasteiger partial charge in [-0.2, -0.15) is 0 Å². The van der Waals surface area contributed by atoms with Crippen LogP contribution in [0.4, 0.5) is 5.69 Å². The molecule has 0 bridgehead atoms. The zero-order chi connectivity index (χ0) is 18.5. The first-order chi connectivity index (χ1) is 12.5. The molecule has 0 radical (unpaired) electrons. The van der Waals surface area contributed by atoms with Crippen LogP contribution in [0, 0.1) is 0 Å². The van der Waals surface area contributed by atoms with Gasteiger partial charge in [-0.15, -0.1) is 11.3 Å². The van der Waals surface area contributed by atoms with Gasteiger partial charge in [0.05, 0.1) is 10.4 Å². The number of thiophene rings is 1. The number of hydrogen-bond donors (Lipinski definition) is 1. The number of hydrogen-bond acceptors (Lipinski definition) is 6. The molecule has 0 aliphatic carbocycles. The lowest BCUT2D eigenvalue weighted by molar-refractivity contribution is -0.143. The molecular weight excluding hydrogens is 356 g/mol. The fourth-order valence-corrected chi connectivity index (χ4v) is 3.14. The van der Waals surface area contributed by atoms with E-state index in [1.54, 1.807) is 29.6 Å². The number of ether oxygens (including phenoxy) is 1. The quantitative estimate of drug-likeness (QED) is 0.813. The Labute approximate surface area is 153 Å². The van der Waals surface area contributed by atoms with Crippen LogP contribution in [0.2, 0.25) is 0 Å². The summed E-state index contributed by atoms with van der Waals surface area (Å²) in [4.78, 5) is 49.2. The van der Waals surface area contributed by atoms with Gasteiger partial charge in [0.15, 0.2) is 6.61 Å². The number of nitrogens with one attached hydrogen (secondary N) is 1. The van der Waals surface area contributed by atoms with Crippen molar-refractivity contribution in [2.75, 3.05) is 18.5 Å². The first-order valence-electron chi connectivity index (χ1n) is 8.00. The molecule has 1 N–H and O–H groups in total. The zero-order valence-electron chi connectivity index (χ0n) is 13.8. The second-order valence-electron chi connectivity index (χ2n) is 5.63. The van der Waals surface area contributed by atoms with Gasteiger partial charge in [0.2, 0.25) is 5.91 Å². The number of esters is 1. The lowest BCUT2D eigenvalue weighted by atomic mass is 10.2. The van der Waals surface area contributed by atoms with Crippen molar-refractivity contribution in [2.45, 2.75) is 12.8 Å². The van der Waals surface area contributed by atoms with Crippen LogP contribution in [0.1, 0.15) is 32.9 Å². The van der Waals surface area contributed by atoms with Gasteiger partial charge in [-0.05, 0) is 36.1 Å². The molecule has 0 atom stereocenters. The molecule has 0 spiro atoms. The Morgan fingerprint density at radius 1 is 1.19 bits per heavy atom. The second-order valence-corrected chi connectivity index (χ2v) is 6.58. The molecule has 2 heterocycles. The predicted octanol–water partition coefficient (Wildman–Crippen LogP) is 2.31. The third-order valence-corrected chi connectivity index (χ3v) is 4.67. The van der Waals surface area contributed by atoms with Crippen LogP contribution in [-0.2, 0) is 14.3 Å².